The third kappa shape index (κ3) is 3.99. The van der Waals surface area contributed by atoms with Crippen LogP contribution in [0, 0.1) is 6.92 Å². The van der Waals surface area contributed by atoms with Gasteiger partial charge < -0.3 is 15.1 Å². The second-order valence-corrected chi connectivity index (χ2v) is 6.87. The molecule has 0 atom stereocenters. The molecule has 1 aromatic carbocycles. The summed E-state index contributed by atoms with van der Waals surface area (Å²) in [5.74, 6) is -0.328. The van der Waals surface area contributed by atoms with E-state index in [9.17, 15) is 9.59 Å². The number of anilines is 1. The van der Waals surface area contributed by atoms with Crippen molar-refractivity contribution in [3.8, 4) is 0 Å². The molecule has 0 bridgehead atoms. The standard InChI is InChI=1S/C18H22N4O2S/c1-3-19-16(23)17-20-15(12-25-17)18(24)22-10-8-21(9-11-22)14-6-4-13(2)5-7-14/h4-7,12H,3,8-11H2,1-2H3,(H,19,23). The van der Waals surface area contributed by atoms with Gasteiger partial charge in [0.25, 0.3) is 11.8 Å². The SMILES string of the molecule is CCNC(=O)c1nc(C(=O)N2CCN(c3ccc(C)cc3)CC2)cs1. The third-order valence-corrected chi connectivity index (χ3v) is 5.06. The second kappa shape index (κ2) is 7.65. The molecule has 7 heteroatoms. The fraction of sp³-hybridized carbons (Fsp3) is 0.389. The molecular formula is C18H22N4O2S. The van der Waals surface area contributed by atoms with E-state index >= 15 is 0 Å². The summed E-state index contributed by atoms with van der Waals surface area (Å²) in [6.07, 6.45) is 0. The van der Waals surface area contributed by atoms with Gasteiger partial charge in [-0.3, -0.25) is 9.59 Å². The Labute approximate surface area is 151 Å². The average molecular weight is 358 g/mol. The van der Waals surface area contributed by atoms with Crippen LogP contribution in [0.5, 0.6) is 0 Å². The summed E-state index contributed by atoms with van der Waals surface area (Å²) in [5.41, 5.74) is 2.78. The van der Waals surface area contributed by atoms with Crippen molar-refractivity contribution in [3.05, 3.63) is 45.9 Å². The molecule has 0 spiro atoms. The molecule has 2 aromatic rings. The summed E-state index contributed by atoms with van der Waals surface area (Å²) in [6, 6.07) is 8.44. The molecule has 0 radical (unpaired) electrons. The van der Waals surface area contributed by atoms with Crippen LogP contribution in [0.25, 0.3) is 0 Å². The van der Waals surface area contributed by atoms with E-state index in [-0.39, 0.29) is 11.8 Å². The lowest BCUT2D eigenvalue weighted by molar-refractivity contribution is 0.0741. The Morgan fingerprint density at radius 3 is 2.48 bits per heavy atom. The maximum absolute atomic E-state index is 12.6. The molecule has 6 nitrogen and oxygen atoms in total. The highest BCUT2D eigenvalue weighted by Gasteiger charge is 2.24. The summed E-state index contributed by atoms with van der Waals surface area (Å²) in [6.45, 7) is 7.36. The Hall–Kier alpha value is -2.41. The Morgan fingerprint density at radius 2 is 1.84 bits per heavy atom. The molecule has 1 aliphatic heterocycles. The number of piperazine rings is 1. The number of nitrogens with zero attached hydrogens (tertiary/aromatic N) is 3. The van der Waals surface area contributed by atoms with Crippen LogP contribution in [0.2, 0.25) is 0 Å². The Bertz CT molecular complexity index is 749. The number of rotatable bonds is 4. The molecule has 2 heterocycles. The highest BCUT2D eigenvalue weighted by Crippen LogP contribution is 2.19. The van der Waals surface area contributed by atoms with Gasteiger partial charge in [-0.15, -0.1) is 11.3 Å². The molecule has 0 unspecified atom stereocenters. The lowest BCUT2D eigenvalue weighted by Crippen LogP contribution is -2.48. The van der Waals surface area contributed by atoms with Gasteiger partial charge in [-0.25, -0.2) is 4.98 Å². The maximum atomic E-state index is 12.6. The number of carbonyl (C=O) groups is 2. The molecular weight excluding hydrogens is 336 g/mol. The van der Waals surface area contributed by atoms with E-state index in [0.29, 0.717) is 30.3 Å². The van der Waals surface area contributed by atoms with Gasteiger partial charge in [0.05, 0.1) is 0 Å². The summed E-state index contributed by atoms with van der Waals surface area (Å²) < 4.78 is 0. The number of aryl methyl sites for hydroxylation is 1. The van der Waals surface area contributed by atoms with E-state index in [4.69, 9.17) is 0 Å². The molecule has 2 amide bonds. The summed E-state index contributed by atoms with van der Waals surface area (Å²) in [4.78, 5) is 32.7. The van der Waals surface area contributed by atoms with Gasteiger partial charge in [0.1, 0.15) is 5.69 Å². The highest BCUT2D eigenvalue weighted by atomic mass is 32.1. The van der Waals surface area contributed by atoms with Gasteiger partial charge in [0.15, 0.2) is 5.01 Å². The van der Waals surface area contributed by atoms with Gasteiger partial charge in [-0.1, -0.05) is 17.7 Å². The Morgan fingerprint density at radius 1 is 1.16 bits per heavy atom. The molecule has 0 saturated carbocycles. The molecule has 1 fully saturated rings. The fourth-order valence-corrected chi connectivity index (χ4v) is 3.50. The first-order valence-electron chi connectivity index (χ1n) is 8.43. The predicted octanol–water partition coefficient (Wildman–Crippen LogP) is 2.16. The summed E-state index contributed by atoms with van der Waals surface area (Å²) in [5, 5.41) is 4.70. The Kier molecular flexibility index (Phi) is 5.33. The van der Waals surface area contributed by atoms with Crippen LogP contribution in [0.4, 0.5) is 5.69 Å². The summed E-state index contributed by atoms with van der Waals surface area (Å²) >= 11 is 1.21. The van der Waals surface area contributed by atoms with Crippen molar-refractivity contribution in [2.75, 3.05) is 37.6 Å². The normalized spacial score (nSPS) is 14.5. The number of amides is 2. The average Bonchev–Trinajstić information content (AvgIpc) is 3.12. The van der Waals surface area contributed by atoms with Gasteiger partial charge in [0.2, 0.25) is 0 Å². The number of carbonyl (C=O) groups excluding carboxylic acids is 2. The second-order valence-electron chi connectivity index (χ2n) is 6.01. The fourth-order valence-electron chi connectivity index (χ4n) is 2.80. The van der Waals surface area contributed by atoms with Crippen LogP contribution in [-0.4, -0.2) is 54.4 Å². The number of aromatic nitrogens is 1. The molecule has 0 aliphatic carbocycles. The minimum absolute atomic E-state index is 0.102. The quantitative estimate of drug-likeness (QED) is 0.910. The highest BCUT2D eigenvalue weighted by molar-refractivity contribution is 7.11. The molecule has 3 rings (SSSR count). The zero-order valence-corrected chi connectivity index (χ0v) is 15.3. The number of nitrogens with one attached hydrogen (secondary N) is 1. The van der Waals surface area contributed by atoms with Crippen LogP contribution in [0.15, 0.2) is 29.6 Å². The molecule has 1 aliphatic rings. The van der Waals surface area contributed by atoms with Crippen LogP contribution < -0.4 is 10.2 Å². The van der Waals surface area contributed by atoms with Crippen LogP contribution in [0.1, 0.15) is 32.8 Å². The van der Waals surface area contributed by atoms with Crippen molar-refractivity contribution in [2.24, 2.45) is 0 Å². The van der Waals surface area contributed by atoms with E-state index in [1.54, 1.807) is 10.3 Å². The lowest BCUT2D eigenvalue weighted by Gasteiger charge is -2.35. The topological polar surface area (TPSA) is 65.5 Å². The smallest absolute Gasteiger partial charge is 0.280 e. The number of hydrogen-bond donors (Lipinski definition) is 1. The van der Waals surface area contributed by atoms with Crippen LogP contribution in [-0.2, 0) is 0 Å². The molecule has 1 saturated heterocycles. The maximum Gasteiger partial charge on any atom is 0.280 e. The minimum Gasteiger partial charge on any atom is -0.368 e. The lowest BCUT2D eigenvalue weighted by atomic mass is 10.2. The monoisotopic (exact) mass is 358 g/mol. The van der Waals surface area contributed by atoms with Crippen molar-refractivity contribution in [1.29, 1.82) is 0 Å². The molecule has 25 heavy (non-hydrogen) atoms. The zero-order chi connectivity index (χ0) is 17.8. The predicted molar refractivity (Wildman–Crippen MR) is 99.4 cm³/mol. The van der Waals surface area contributed by atoms with Gasteiger partial charge in [0, 0.05) is 43.8 Å². The van der Waals surface area contributed by atoms with Crippen molar-refractivity contribution >= 4 is 28.8 Å². The van der Waals surface area contributed by atoms with E-state index < -0.39 is 0 Å². The first kappa shape index (κ1) is 17.4. The van der Waals surface area contributed by atoms with Crippen molar-refractivity contribution in [1.82, 2.24) is 15.2 Å². The van der Waals surface area contributed by atoms with Crippen molar-refractivity contribution < 1.29 is 9.59 Å². The van der Waals surface area contributed by atoms with Crippen molar-refractivity contribution in [3.63, 3.8) is 0 Å². The van der Waals surface area contributed by atoms with Crippen LogP contribution >= 0.6 is 11.3 Å². The molecule has 1 N–H and O–H groups in total. The Balaban J connectivity index is 1.60. The largest absolute Gasteiger partial charge is 0.368 e. The van der Waals surface area contributed by atoms with Gasteiger partial charge >= 0.3 is 0 Å². The van der Waals surface area contributed by atoms with E-state index in [2.05, 4.69) is 46.4 Å². The number of benzene rings is 1. The number of thiazole rings is 1. The third-order valence-electron chi connectivity index (χ3n) is 4.22. The van der Waals surface area contributed by atoms with Crippen molar-refractivity contribution in [2.45, 2.75) is 13.8 Å². The van der Waals surface area contributed by atoms with Gasteiger partial charge in [-0.2, -0.15) is 0 Å². The van der Waals surface area contributed by atoms with E-state index in [1.807, 2.05) is 6.92 Å². The molecule has 1 aromatic heterocycles. The van der Waals surface area contributed by atoms with Gasteiger partial charge in [-0.05, 0) is 26.0 Å². The first-order chi connectivity index (χ1) is 12.1. The van der Waals surface area contributed by atoms with Crippen LogP contribution in [0.3, 0.4) is 0 Å². The first-order valence-corrected chi connectivity index (χ1v) is 9.31. The zero-order valence-electron chi connectivity index (χ0n) is 14.5. The van der Waals surface area contributed by atoms with E-state index in [1.165, 1.54) is 22.6 Å². The minimum atomic E-state index is -0.226. The number of hydrogen-bond acceptors (Lipinski definition) is 5. The van der Waals surface area contributed by atoms with E-state index in [0.717, 1.165) is 13.1 Å². The summed E-state index contributed by atoms with van der Waals surface area (Å²) in [7, 11) is 0. The molecule has 132 valence electrons.